The minimum atomic E-state index is -0.147. The molecule has 1 fully saturated rings. The summed E-state index contributed by atoms with van der Waals surface area (Å²) in [4.78, 5) is 12.1. The first-order valence-corrected chi connectivity index (χ1v) is 6.76. The van der Waals surface area contributed by atoms with E-state index in [1.165, 1.54) is 0 Å². The largest absolute Gasteiger partial charge is 0.396 e. The lowest BCUT2D eigenvalue weighted by Gasteiger charge is -2.30. The highest BCUT2D eigenvalue weighted by atomic mass is 35.5. The number of rotatable bonds is 3. The molecule has 1 amide bonds. The summed E-state index contributed by atoms with van der Waals surface area (Å²) in [6.07, 6.45) is 4.14. The van der Waals surface area contributed by atoms with Gasteiger partial charge in [0.05, 0.1) is 10.6 Å². The highest BCUT2D eigenvalue weighted by molar-refractivity contribution is 6.33. The van der Waals surface area contributed by atoms with E-state index in [0.29, 0.717) is 10.6 Å². The van der Waals surface area contributed by atoms with Gasteiger partial charge in [0.1, 0.15) is 0 Å². The number of nitrogens with one attached hydrogen (secondary N) is 1. The van der Waals surface area contributed by atoms with Gasteiger partial charge in [0.25, 0.3) is 5.91 Å². The molecule has 1 aromatic rings. The first-order chi connectivity index (χ1) is 8.72. The number of aliphatic hydroxyl groups excluding tert-OH is 1. The molecule has 2 N–H and O–H groups in total. The molecule has 2 rings (SSSR count). The van der Waals surface area contributed by atoms with Crippen molar-refractivity contribution in [2.45, 2.75) is 31.7 Å². The van der Waals surface area contributed by atoms with Crippen LogP contribution in [0, 0.1) is 5.92 Å². The smallest absolute Gasteiger partial charge is 0.253 e. The van der Waals surface area contributed by atoms with Gasteiger partial charge >= 0.3 is 0 Å². The molecule has 0 aromatic heterocycles. The number of aliphatic hydroxyl groups is 1. The molecule has 4 heteroatoms. The molecule has 1 aromatic carbocycles. The summed E-state index contributed by atoms with van der Waals surface area (Å²) in [5.41, 5.74) is 0.501. The van der Waals surface area contributed by atoms with Crippen LogP contribution in [0.4, 0.5) is 0 Å². The Morgan fingerprint density at radius 2 is 2.06 bits per heavy atom. The quantitative estimate of drug-likeness (QED) is 0.885. The van der Waals surface area contributed by atoms with Crippen molar-refractivity contribution in [3.63, 3.8) is 0 Å². The average Bonchev–Trinajstić information content (AvgIpc) is 2.39. The lowest BCUT2D eigenvalue weighted by molar-refractivity contribution is 0.0873. The summed E-state index contributed by atoms with van der Waals surface area (Å²) in [6, 6.07) is 7.09. The van der Waals surface area contributed by atoms with E-state index in [1.807, 2.05) is 0 Å². The maximum Gasteiger partial charge on any atom is 0.253 e. The molecule has 1 saturated carbocycles. The van der Waals surface area contributed by atoms with Crippen LogP contribution in [-0.2, 0) is 0 Å². The maximum atomic E-state index is 12.1. The summed E-state index contributed by atoms with van der Waals surface area (Å²) in [7, 11) is 0. The Hall–Kier alpha value is -1.06. The summed E-state index contributed by atoms with van der Waals surface area (Å²) < 4.78 is 0. The second-order valence-corrected chi connectivity index (χ2v) is 5.19. The zero-order chi connectivity index (χ0) is 13.0. The van der Waals surface area contributed by atoms with E-state index in [-0.39, 0.29) is 24.5 Å². The molecule has 3 nitrogen and oxygen atoms in total. The molecule has 2 unspecified atom stereocenters. The molecular formula is C14H18ClNO2. The van der Waals surface area contributed by atoms with Gasteiger partial charge in [-0.1, -0.05) is 36.6 Å². The molecule has 1 aliphatic rings. The van der Waals surface area contributed by atoms with Gasteiger partial charge in [0.15, 0.2) is 0 Å². The summed E-state index contributed by atoms with van der Waals surface area (Å²) in [5.74, 6) is 0.0242. The molecule has 98 valence electrons. The van der Waals surface area contributed by atoms with Crippen LogP contribution in [0.25, 0.3) is 0 Å². The van der Waals surface area contributed by atoms with Crippen LogP contribution >= 0.6 is 11.6 Å². The standard InChI is InChI=1S/C14H18ClNO2/c15-12-7-3-2-6-11(12)14(18)16-13-8-4-1-5-10(13)9-17/h2-3,6-7,10,13,17H,1,4-5,8-9H2,(H,16,18). The van der Waals surface area contributed by atoms with Crippen molar-refractivity contribution in [2.75, 3.05) is 6.61 Å². The van der Waals surface area contributed by atoms with E-state index in [0.717, 1.165) is 25.7 Å². The normalized spacial score (nSPS) is 23.7. The fraction of sp³-hybridized carbons (Fsp3) is 0.500. The second-order valence-electron chi connectivity index (χ2n) is 4.79. The SMILES string of the molecule is O=C(NC1CCCCC1CO)c1ccccc1Cl. The van der Waals surface area contributed by atoms with Gasteiger partial charge < -0.3 is 10.4 Å². The number of amides is 1. The van der Waals surface area contributed by atoms with Gasteiger partial charge in [-0.2, -0.15) is 0 Å². The Labute approximate surface area is 112 Å². The van der Waals surface area contributed by atoms with Gasteiger partial charge in [-0.3, -0.25) is 4.79 Å². The summed E-state index contributed by atoms with van der Waals surface area (Å²) in [5, 5.41) is 12.8. The van der Waals surface area contributed by atoms with Gasteiger partial charge in [0, 0.05) is 18.6 Å². The van der Waals surface area contributed by atoms with E-state index < -0.39 is 0 Å². The first-order valence-electron chi connectivity index (χ1n) is 6.38. The zero-order valence-corrected chi connectivity index (χ0v) is 11.0. The van der Waals surface area contributed by atoms with Crippen LogP contribution in [-0.4, -0.2) is 23.7 Å². The van der Waals surface area contributed by atoms with Crippen LogP contribution in [0.1, 0.15) is 36.0 Å². The van der Waals surface area contributed by atoms with Crippen molar-refractivity contribution in [2.24, 2.45) is 5.92 Å². The van der Waals surface area contributed by atoms with E-state index in [9.17, 15) is 9.90 Å². The second kappa shape index (κ2) is 6.21. The predicted molar refractivity (Wildman–Crippen MR) is 71.8 cm³/mol. The fourth-order valence-corrected chi connectivity index (χ4v) is 2.73. The number of hydrogen-bond acceptors (Lipinski definition) is 2. The highest BCUT2D eigenvalue weighted by Gasteiger charge is 2.26. The topological polar surface area (TPSA) is 49.3 Å². The van der Waals surface area contributed by atoms with Gasteiger partial charge in [0.2, 0.25) is 0 Å². The molecule has 0 heterocycles. The fourth-order valence-electron chi connectivity index (χ4n) is 2.51. The first kappa shape index (κ1) is 13.4. The Balaban J connectivity index is 2.04. The average molecular weight is 268 g/mol. The molecule has 18 heavy (non-hydrogen) atoms. The van der Waals surface area contributed by atoms with Crippen LogP contribution in [0.15, 0.2) is 24.3 Å². The molecular weight excluding hydrogens is 250 g/mol. The predicted octanol–water partition coefficient (Wildman–Crippen LogP) is 2.62. The van der Waals surface area contributed by atoms with Crippen molar-refractivity contribution in [1.29, 1.82) is 0 Å². The third-order valence-corrected chi connectivity index (χ3v) is 3.91. The van der Waals surface area contributed by atoms with E-state index >= 15 is 0 Å². The molecule has 1 aliphatic carbocycles. The minimum absolute atomic E-state index is 0.0625. The lowest BCUT2D eigenvalue weighted by Crippen LogP contribution is -2.43. The van der Waals surface area contributed by atoms with Gasteiger partial charge in [-0.15, -0.1) is 0 Å². The Morgan fingerprint density at radius 3 is 2.78 bits per heavy atom. The minimum Gasteiger partial charge on any atom is -0.396 e. The summed E-state index contributed by atoms with van der Waals surface area (Å²) >= 11 is 6.00. The van der Waals surface area contributed by atoms with Crippen molar-refractivity contribution in [1.82, 2.24) is 5.32 Å². The molecule has 0 saturated heterocycles. The highest BCUT2D eigenvalue weighted by Crippen LogP contribution is 2.24. The van der Waals surface area contributed by atoms with Gasteiger partial charge in [-0.05, 0) is 25.0 Å². The Morgan fingerprint density at radius 1 is 1.33 bits per heavy atom. The molecule has 0 aliphatic heterocycles. The van der Waals surface area contributed by atoms with E-state index in [2.05, 4.69) is 5.32 Å². The van der Waals surface area contributed by atoms with Crippen LogP contribution < -0.4 is 5.32 Å². The van der Waals surface area contributed by atoms with Crippen LogP contribution in [0.3, 0.4) is 0 Å². The molecule has 0 bridgehead atoms. The number of hydrogen-bond donors (Lipinski definition) is 2. The molecule has 2 atom stereocenters. The monoisotopic (exact) mass is 267 g/mol. The molecule has 0 spiro atoms. The third kappa shape index (κ3) is 3.03. The van der Waals surface area contributed by atoms with Crippen molar-refractivity contribution in [3.05, 3.63) is 34.9 Å². The van der Waals surface area contributed by atoms with E-state index in [4.69, 9.17) is 11.6 Å². The summed E-state index contributed by atoms with van der Waals surface area (Å²) in [6.45, 7) is 0.132. The maximum absolute atomic E-state index is 12.1. The number of halogens is 1. The molecule has 0 radical (unpaired) electrons. The Bertz CT molecular complexity index is 422. The van der Waals surface area contributed by atoms with Crippen LogP contribution in [0.5, 0.6) is 0 Å². The third-order valence-electron chi connectivity index (χ3n) is 3.58. The van der Waals surface area contributed by atoms with Crippen molar-refractivity contribution < 1.29 is 9.90 Å². The number of carbonyl (C=O) groups excluding carboxylic acids is 1. The number of benzene rings is 1. The number of carbonyl (C=O) groups is 1. The van der Waals surface area contributed by atoms with Crippen LogP contribution in [0.2, 0.25) is 5.02 Å². The zero-order valence-electron chi connectivity index (χ0n) is 10.2. The van der Waals surface area contributed by atoms with Crippen molar-refractivity contribution in [3.8, 4) is 0 Å². The lowest BCUT2D eigenvalue weighted by atomic mass is 9.85. The van der Waals surface area contributed by atoms with Crippen molar-refractivity contribution >= 4 is 17.5 Å². The van der Waals surface area contributed by atoms with Gasteiger partial charge in [-0.25, -0.2) is 0 Å². The Kier molecular flexibility index (Phi) is 4.61. The van der Waals surface area contributed by atoms with E-state index in [1.54, 1.807) is 24.3 Å².